The molecule has 0 spiro atoms. The Kier molecular flexibility index (Phi) is 4.94. The van der Waals surface area contributed by atoms with Crippen molar-refractivity contribution in [3.8, 4) is 0 Å². The van der Waals surface area contributed by atoms with Crippen molar-refractivity contribution in [2.45, 2.75) is 17.8 Å². The molecule has 1 aromatic rings. The van der Waals surface area contributed by atoms with Crippen molar-refractivity contribution < 1.29 is 19.4 Å². The maximum absolute atomic E-state index is 11.2. The number of thioether (sulfide) groups is 1. The molecule has 0 aromatic carbocycles. The molecule has 1 aliphatic rings. The molecule has 8 heteroatoms. The molecule has 2 heterocycles. The number of rotatable bonds is 5. The number of hydrogen-bond acceptors (Lipinski definition) is 6. The summed E-state index contributed by atoms with van der Waals surface area (Å²) in [6, 6.07) is 1.34. The maximum atomic E-state index is 11.2. The van der Waals surface area contributed by atoms with E-state index in [0.29, 0.717) is 31.5 Å². The molecule has 7 nitrogen and oxygen atoms in total. The lowest BCUT2D eigenvalue weighted by atomic mass is 10.3. The lowest BCUT2D eigenvalue weighted by Gasteiger charge is -2.24. The highest BCUT2D eigenvalue weighted by Crippen LogP contribution is 2.15. The monoisotopic (exact) mass is 286 g/mol. The smallest absolute Gasteiger partial charge is 0.313 e. The predicted octanol–water partition coefficient (Wildman–Crippen LogP) is -0.165. The van der Waals surface area contributed by atoms with Crippen LogP contribution in [-0.4, -0.2) is 52.3 Å². The number of carboxylic acids is 1. The second-order valence-electron chi connectivity index (χ2n) is 3.95. The van der Waals surface area contributed by atoms with E-state index in [1.807, 2.05) is 0 Å². The Morgan fingerprint density at radius 2 is 2.42 bits per heavy atom. The summed E-state index contributed by atoms with van der Waals surface area (Å²) in [5, 5.41) is 9.05. The van der Waals surface area contributed by atoms with E-state index >= 15 is 0 Å². The summed E-state index contributed by atoms with van der Waals surface area (Å²) >= 11 is 1.01. The van der Waals surface area contributed by atoms with E-state index in [1.165, 1.54) is 6.07 Å². The average Bonchev–Trinajstić information content (AvgIpc) is 2.40. The highest BCUT2D eigenvalue weighted by molar-refractivity contribution is 7.99. The van der Waals surface area contributed by atoms with Crippen LogP contribution in [0.4, 0.5) is 0 Å². The Bertz CT molecular complexity index is 498. The van der Waals surface area contributed by atoms with E-state index in [4.69, 9.17) is 14.6 Å². The number of aliphatic carboxylic acids is 1. The summed E-state index contributed by atoms with van der Waals surface area (Å²) < 4.78 is 12.5. The minimum Gasteiger partial charge on any atom is -0.481 e. The molecule has 19 heavy (non-hydrogen) atoms. The van der Waals surface area contributed by atoms with Crippen molar-refractivity contribution in [3.05, 3.63) is 22.6 Å². The molecular formula is C11H14N2O5S. The third-order valence-corrected chi connectivity index (χ3v) is 3.43. The quantitative estimate of drug-likeness (QED) is 0.594. The minimum atomic E-state index is -0.952. The van der Waals surface area contributed by atoms with Gasteiger partial charge < -0.3 is 19.1 Å². The number of hydrogen-bond donors (Lipinski definition) is 1. The fourth-order valence-electron chi connectivity index (χ4n) is 1.66. The standard InChI is InChI=1S/C11H14N2O5S/c14-9-1-2-13(5-8-6-17-3-4-18-8)11(12-9)19-7-10(15)16/h1-2,8H,3-7H2,(H,15,16). The number of ether oxygens (including phenoxy) is 2. The molecule has 2 rings (SSSR count). The van der Waals surface area contributed by atoms with Crippen molar-refractivity contribution in [1.29, 1.82) is 0 Å². The first-order valence-corrected chi connectivity index (χ1v) is 6.75. The van der Waals surface area contributed by atoms with Gasteiger partial charge in [-0.1, -0.05) is 11.8 Å². The molecule has 0 bridgehead atoms. The number of aromatic nitrogens is 2. The molecule has 1 aliphatic heterocycles. The van der Waals surface area contributed by atoms with E-state index in [9.17, 15) is 9.59 Å². The van der Waals surface area contributed by atoms with E-state index in [-0.39, 0.29) is 17.4 Å². The van der Waals surface area contributed by atoms with Gasteiger partial charge in [0.1, 0.15) is 0 Å². The Balaban J connectivity index is 2.08. The first-order chi connectivity index (χ1) is 9.15. The highest BCUT2D eigenvalue weighted by atomic mass is 32.2. The molecule has 1 unspecified atom stereocenters. The summed E-state index contributed by atoms with van der Waals surface area (Å²) in [6.45, 7) is 2.08. The van der Waals surface area contributed by atoms with E-state index < -0.39 is 5.97 Å². The van der Waals surface area contributed by atoms with E-state index in [0.717, 1.165) is 11.8 Å². The zero-order valence-corrected chi connectivity index (χ0v) is 11.0. The largest absolute Gasteiger partial charge is 0.481 e. The van der Waals surface area contributed by atoms with Gasteiger partial charge in [-0.2, -0.15) is 4.98 Å². The van der Waals surface area contributed by atoms with Gasteiger partial charge in [0, 0.05) is 12.3 Å². The normalized spacial score (nSPS) is 19.3. The zero-order chi connectivity index (χ0) is 13.7. The molecule has 1 N–H and O–H groups in total. The van der Waals surface area contributed by atoms with Crippen LogP contribution >= 0.6 is 11.8 Å². The van der Waals surface area contributed by atoms with Gasteiger partial charge in [0.15, 0.2) is 5.16 Å². The second kappa shape index (κ2) is 6.69. The Labute approximate surface area is 113 Å². The molecule has 1 saturated heterocycles. The third kappa shape index (κ3) is 4.34. The lowest BCUT2D eigenvalue weighted by molar-refractivity contribution is -0.133. The summed E-state index contributed by atoms with van der Waals surface area (Å²) in [6.07, 6.45) is 1.49. The van der Waals surface area contributed by atoms with Crippen LogP contribution in [0.3, 0.4) is 0 Å². The third-order valence-electron chi connectivity index (χ3n) is 2.46. The van der Waals surface area contributed by atoms with E-state index in [1.54, 1.807) is 10.8 Å². The van der Waals surface area contributed by atoms with Gasteiger partial charge in [0.05, 0.1) is 38.2 Å². The molecule has 1 atom stereocenters. The summed E-state index contributed by atoms with van der Waals surface area (Å²) in [4.78, 5) is 25.6. The molecule has 0 aliphatic carbocycles. The van der Waals surface area contributed by atoms with Crippen LogP contribution in [0.2, 0.25) is 0 Å². The highest BCUT2D eigenvalue weighted by Gasteiger charge is 2.16. The average molecular weight is 286 g/mol. The maximum Gasteiger partial charge on any atom is 0.313 e. The van der Waals surface area contributed by atoms with Gasteiger partial charge in [0.25, 0.3) is 5.56 Å². The van der Waals surface area contributed by atoms with Gasteiger partial charge >= 0.3 is 5.97 Å². The van der Waals surface area contributed by atoms with Gasteiger partial charge in [-0.25, -0.2) is 0 Å². The number of nitrogens with zero attached hydrogens (tertiary/aromatic N) is 2. The van der Waals surface area contributed by atoms with Crippen LogP contribution in [-0.2, 0) is 20.8 Å². The Morgan fingerprint density at radius 1 is 1.58 bits per heavy atom. The van der Waals surface area contributed by atoms with Crippen LogP contribution in [0, 0.1) is 0 Å². The SMILES string of the molecule is O=C(O)CSc1nc(=O)ccn1CC1COCCO1. The Hall–Kier alpha value is -1.38. The Morgan fingerprint density at radius 3 is 3.11 bits per heavy atom. The van der Waals surface area contributed by atoms with Gasteiger partial charge in [0.2, 0.25) is 0 Å². The molecule has 0 radical (unpaired) electrons. The van der Waals surface area contributed by atoms with Crippen molar-refractivity contribution >= 4 is 17.7 Å². The lowest BCUT2D eigenvalue weighted by Crippen LogP contribution is -2.33. The first kappa shape index (κ1) is 14.0. The fourth-order valence-corrected chi connectivity index (χ4v) is 2.36. The summed E-state index contributed by atoms with van der Waals surface area (Å²) in [5.74, 6) is -1.09. The number of carboxylic acid groups (broad SMARTS) is 1. The van der Waals surface area contributed by atoms with Crippen LogP contribution in [0.15, 0.2) is 22.2 Å². The topological polar surface area (TPSA) is 90.7 Å². The van der Waals surface area contributed by atoms with Gasteiger partial charge in [-0.3, -0.25) is 9.59 Å². The van der Waals surface area contributed by atoms with Gasteiger partial charge in [-0.15, -0.1) is 0 Å². The van der Waals surface area contributed by atoms with Crippen molar-refractivity contribution in [1.82, 2.24) is 9.55 Å². The molecule has 1 aromatic heterocycles. The summed E-state index contributed by atoms with van der Waals surface area (Å²) in [5.41, 5.74) is -0.384. The molecule has 0 amide bonds. The van der Waals surface area contributed by atoms with Crippen molar-refractivity contribution in [2.75, 3.05) is 25.6 Å². The van der Waals surface area contributed by atoms with Crippen molar-refractivity contribution in [3.63, 3.8) is 0 Å². The van der Waals surface area contributed by atoms with Crippen LogP contribution in [0.25, 0.3) is 0 Å². The van der Waals surface area contributed by atoms with Crippen LogP contribution in [0.1, 0.15) is 0 Å². The van der Waals surface area contributed by atoms with Gasteiger partial charge in [-0.05, 0) is 0 Å². The first-order valence-electron chi connectivity index (χ1n) is 5.76. The van der Waals surface area contributed by atoms with Crippen LogP contribution < -0.4 is 5.56 Å². The zero-order valence-electron chi connectivity index (χ0n) is 10.2. The second-order valence-corrected chi connectivity index (χ2v) is 4.89. The number of carbonyl (C=O) groups is 1. The fraction of sp³-hybridized carbons (Fsp3) is 0.545. The van der Waals surface area contributed by atoms with Crippen molar-refractivity contribution in [2.24, 2.45) is 0 Å². The minimum absolute atomic E-state index is 0.109. The summed E-state index contributed by atoms with van der Waals surface area (Å²) in [7, 11) is 0. The predicted molar refractivity (Wildman–Crippen MR) is 67.4 cm³/mol. The molecule has 0 saturated carbocycles. The molecule has 1 fully saturated rings. The molecule has 104 valence electrons. The molecular weight excluding hydrogens is 272 g/mol. The van der Waals surface area contributed by atoms with Crippen LogP contribution in [0.5, 0.6) is 0 Å². The van der Waals surface area contributed by atoms with E-state index in [2.05, 4.69) is 4.98 Å².